The van der Waals surface area contributed by atoms with Crippen LogP contribution in [0.5, 0.6) is 0 Å². The number of alkyl halides is 3. The molecule has 0 bridgehead atoms. The standard InChI is InChI=1S/C31H30F3N7O3S2/c1-17(2)23-13-4-18(3)14-24(23)41-25(42)15-46-29(41)38-28(45)36-27(37-30(43)44)20-7-5-19(6-8-20)26-35-16-40(39-26)22-11-9-21(10-12-22)31(32,33)34/h4-14,16-17,27-28,36-37,45H,15H2,1-3H3,(H,43,44). The first-order valence-corrected chi connectivity index (χ1v) is 15.6. The van der Waals surface area contributed by atoms with Gasteiger partial charge in [-0.25, -0.2) is 19.5 Å². The Labute approximate surface area is 272 Å². The summed E-state index contributed by atoms with van der Waals surface area (Å²) < 4.78 is 40.1. The second-order valence-electron chi connectivity index (χ2n) is 10.7. The van der Waals surface area contributed by atoms with Crippen LogP contribution in [0.4, 0.5) is 23.7 Å². The first kappa shape index (κ1) is 33.0. The molecule has 2 unspecified atom stereocenters. The van der Waals surface area contributed by atoms with Crippen LogP contribution >= 0.6 is 24.4 Å². The third-order valence-corrected chi connectivity index (χ3v) is 8.29. The smallest absolute Gasteiger partial charge is 0.416 e. The van der Waals surface area contributed by atoms with Crippen LogP contribution in [0.2, 0.25) is 0 Å². The number of carbonyl (C=O) groups is 2. The predicted octanol–water partition coefficient (Wildman–Crippen LogP) is 6.59. The minimum atomic E-state index is -4.44. The molecule has 0 aliphatic carbocycles. The van der Waals surface area contributed by atoms with Crippen molar-refractivity contribution in [2.75, 3.05) is 10.7 Å². The van der Waals surface area contributed by atoms with E-state index in [9.17, 15) is 27.9 Å². The minimum absolute atomic E-state index is 0.109. The number of thioether (sulfide) groups is 1. The Hall–Kier alpha value is -4.34. The molecule has 1 aromatic heterocycles. The van der Waals surface area contributed by atoms with Crippen molar-refractivity contribution in [2.24, 2.45) is 4.99 Å². The molecule has 1 aliphatic rings. The van der Waals surface area contributed by atoms with E-state index < -0.39 is 29.5 Å². The number of amidine groups is 1. The molecule has 10 nitrogen and oxygen atoms in total. The number of nitrogens with zero attached hydrogens (tertiary/aromatic N) is 5. The number of aryl methyl sites for hydroxylation is 1. The number of thiol groups is 1. The van der Waals surface area contributed by atoms with Crippen molar-refractivity contribution in [3.63, 3.8) is 0 Å². The highest BCUT2D eigenvalue weighted by Crippen LogP contribution is 2.35. The molecule has 1 aliphatic heterocycles. The van der Waals surface area contributed by atoms with Gasteiger partial charge in [-0.3, -0.25) is 15.0 Å². The molecule has 15 heteroatoms. The molecule has 2 amide bonds. The second-order valence-corrected chi connectivity index (χ2v) is 12.2. The van der Waals surface area contributed by atoms with Gasteiger partial charge in [0.05, 0.1) is 22.7 Å². The highest BCUT2D eigenvalue weighted by atomic mass is 32.2. The number of amides is 2. The maximum Gasteiger partial charge on any atom is 0.416 e. The highest BCUT2D eigenvalue weighted by molar-refractivity contribution is 8.15. The van der Waals surface area contributed by atoms with Crippen LogP contribution in [0.25, 0.3) is 17.1 Å². The fourth-order valence-corrected chi connectivity index (χ4v) is 6.04. The van der Waals surface area contributed by atoms with Crippen LogP contribution in [0.15, 0.2) is 78.0 Å². The molecule has 4 aromatic rings. The van der Waals surface area contributed by atoms with E-state index in [1.807, 2.05) is 25.1 Å². The van der Waals surface area contributed by atoms with Crippen molar-refractivity contribution >= 4 is 47.2 Å². The number of carboxylic acid groups (broad SMARTS) is 1. The number of hydrogen-bond donors (Lipinski definition) is 4. The lowest BCUT2D eigenvalue weighted by atomic mass is 9.99. The fourth-order valence-electron chi connectivity index (χ4n) is 4.81. The van der Waals surface area contributed by atoms with E-state index in [4.69, 9.17) is 0 Å². The number of hydrogen-bond acceptors (Lipinski definition) is 8. The Kier molecular flexibility index (Phi) is 9.74. The number of halogens is 3. The SMILES string of the molecule is Cc1ccc(C(C)C)c(N2C(=O)CSC2=NC(S)NC(NC(=O)O)c2ccc(-c3ncn(-c4ccc(C(F)(F)F)cc4)n3)cc2)c1. The van der Waals surface area contributed by atoms with Gasteiger partial charge in [0.1, 0.15) is 18.0 Å². The molecular weight excluding hydrogens is 640 g/mol. The normalized spacial score (nSPS) is 15.9. The number of nitrogens with one attached hydrogen (secondary N) is 2. The highest BCUT2D eigenvalue weighted by Gasteiger charge is 2.33. The molecule has 3 N–H and O–H groups in total. The van der Waals surface area contributed by atoms with Crippen LogP contribution in [-0.4, -0.2) is 48.3 Å². The Balaban J connectivity index is 1.33. The summed E-state index contributed by atoms with van der Waals surface area (Å²) in [6, 6.07) is 17.3. The quantitative estimate of drug-likeness (QED) is 0.117. The van der Waals surface area contributed by atoms with Gasteiger partial charge in [0, 0.05) is 5.56 Å². The molecule has 5 rings (SSSR count). The van der Waals surface area contributed by atoms with Gasteiger partial charge in [-0.2, -0.15) is 13.2 Å². The number of aliphatic imine (C=N–C) groups is 1. The van der Waals surface area contributed by atoms with Crippen molar-refractivity contribution in [3.05, 3.63) is 95.3 Å². The molecule has 1 fully saturated rings. The van der Waals surface area contributed by atoms with Crippen LogP contribution in [0.3, 0.4) is 0 Å². The zero-order chi connectivity index (χ0) is 33.2. The third kappa shape index (κ3) is 7.54. The number of benzene rings is 3. The van der Waals surface area contributed by atoms with E-state index in [-0.39, 0.29) is 17.6 Å². The van der Waals surface area contributed by atoms with Crippen LogP contribution in [0.1, 0.15) is 48.2 Å². The van der Waals surface area contributed by atoms with Crippen molar-refractivity contribution in [1.29, 1.82) is 0 Å². The molecule has 46 heavy (non-hydrogen) atoms. The summed E-state index contributed by atoms with van der Waals surface area (Å²) in [7, 11) is 0. The minimum Gasteiger partial charge on any atom is -0.465 e. The van der Waals surface area contributed by atoms with E-state index in [2.05, 4.69) is 52.2 Å². The van der Waals surface area contributed by atoms with Crippen molar-refractivity contribution in [1.82, 2.24) is 25.4 Å². The van der Waals surface area contributed by atoms with Crippen molar-refractivity contribution in [2.45, 2.75) is 44.5 Å². The Morgan fingerprint density at radius 3 is 2.41 bits per heavy atom. The summed E-state index contributed by atoms with van der Waals surface area (Å²) >= 11 is 5.84. The summed E-state index contributed by atoms with van der Waals surface area (Å²) in [5.41, 5.74) is 2.65. The summed E-state index contributed by atoms with van der Waals surface area (Å²) in [5.74, 6) is 0.592. The number of anilines is 1. The summed E-state index contributed by atoms with van der Waals surface area (Å²) in [6.45, 7) is 6.06. The lowest BCUT2D eigenvalue weighted by Gasteiger charge is -2.24. The molecule has 0 saturated carbocycles. The van der Waals surface area contributed by atoms with E-state index in [0.717, 1.165) is 28.9 Å². The van der Waals surface area contributed by atoms with Gasteiger partial charge in [-0.1, -0.05) is 62.0 Å². The van der Waals surface area contributed by atoms with Crippen molar-refractivity contribution in [3.8, 4) is 17.1 Å². The number of rotatable bonds is 9. The van der Waals surface area contributed by atoms with Crippen LogP contribution in [0, 0.1) is 6.92 Å². The average Bonchev–Trinajstić information content (AvgIpc) is 3.63. The predicted molar refractivity (Wildman–Crippen MR) is 174 cm³/mol. The van der Waals surface area contributed by atoms with Crippen LogP contribution in [-0.2, 0) is 11.0 Å². The lowest BCUT2D eigenvalue weighted by Crippen LogP contribution is -2.41. The van der Waals surface area contributed by atoms with E-state index in [1.165, 1.54) is 34.9 Å². The molecule has 0 radical (unpaired) electrons. The summed E-state index contributed by atoms with van der Waals surface area (Å²) in [6.07, 6.45) is -5.25. The average molecular weight is 670 g/mol. The summed E-state index contributed by atoms with van der Waals surface area (Å²) in [4.78, 5) is 35.1. The maximum atomic E-state index is 13.0. The van der Waals surface area contributed by atoms with Gasteiger partial charge in [0.25, 0.3) is 0 Å². The van der Waals surface area contributed by atoms with Crippen molar-refractivity contribution < 1.29 is 27.9 Å². The third-order valence-electron chi connectivity index (χ3n) is 7.08. The Morgan fingerprint density at radius 2 is 1.78 bits per heavy atom. The first-order valence-electron chi connectivity index (χ1n) is 14.1. The van der Waals surface area contributed by atoms with E-state index in [0.29, 0.717) is 27.8 Å². The molecule has 3 aromatic carbocycles. The second kappa shape index (κ2) is 13.6. The van der Waals surface area contributed by atoms with Gasteiger partial charge in [0.15, 0.2) is 11.0 Å². The number of carbonyl (C=O) groups excluding carboxylic acids is 1. The molecule has 0 spiro atoms. The molecule has 240 valence electrons. The monoisotopic (exact) mass is 669 g/mol. The van der Waals surface area contributed by atoms with E-state index >= 15 is 0 Å². The summed E-state index contributed by atoms with van der Waals surface area (Å²) in [5, 5.41) is 19.8. The van der Waals surface area contributed by atoms with Gasteiger partial charge >= 0.3 is 12.3 Å². The molecule has 2 atom stereocenters. The lowest BCUT2D eigenvalue weighted by molar-refractivity contribution is -0.137. The van der Waals surface area contributed by atoms with E-state index in [1.54, 1.807) is 29.2 Å². The zero-order valence-electron chi connectivity index (χ0n) is 24.9. The Morgan fingerprint density at radius 1 is 1.09 bits per heavy atom. The van der Waals surface area contributed by atoms with Gasteiger partial charge in [-0.05, 0) is 59.9 Å². The molecule has 1 saturated heterocycles. The van der Waals surface area contributed by atoms with Gasteiger partial charge in [-0.15, -0.1) is 17.7 Å². The zero-order valence-corrected chi connectivity index (χ0v) is 26.6. The molecule has 2 heterocycles. The van der Waals surface area contributed by atoms with Gasteiger partial charge < -0.3 is 10.4 Å². The largest absolute Gasteiger partial charge is 0.465 e. The molecular formula is C31H30F3N7O3S2. The maximum absolute atomic E-state index is 13.0. The van der Waals surface area contributed by atoms with Crippen LogP contribution < -0.4 is 15.5 Å². The fraction of sp³-hybridized carbons (Fsp3) is 0.258. The topological polar surface area (TPSA) is 125 Å². The Bertz CT molecular complexity index is 1760. The van der Waals surface area contributed by atoms with Gasteiger partial charge in [0.2, 0.25) is 5.91 Å². The number of aromatic nitrogens is 3. The first-order chi connectivity index (χ1) is 21.8.